The number of carbonyl (C=O) groups excluding carboxylic acids is 1. The Morgan fingerprint density at radius 3 is 2.28 bits per heavy atom. The molecule has 0 saturated carbocycles. The molecular weight excluding hydrogens is 538 g/mol. The Balaban J connectivity index is 1.49. The number of ether oxygens (including phenoxy) is 4. The molecule has 1 atom stereocenters. The van der Waals surface area contributed by atoms with Gasteiger partial charge in [-0.2, -0.15) is 0 Å². The van der Waals surface area contributed by atoms with Crippen LogP contribution in [0.4, 0.5) is 0 Å². The molecule has 43 heavy (non-hydrogen) atoms. The summed E-state index contributed by atoms with van der Waals surface area (Å²) in [7, 11) is 1.39. The molecule has 0 amide bonds. The van der Waals surface area contributed by atoms with E-state index in [4.69, 9.17) is 23.9 Å². The number of benzene rings is 3. The minimum absolute atomic E-state index is 0.0693. The number of hydrogen-bond donors (Lipinski definition) is 0. The summed E-state index contributed by atoms with van der Waals surface area (Å²) in [6, 6.07) is 28.3. The molecule has 0 radical (unpaired) electrons. The second-order valence-corrected chi connectivity index (χ2v) is 11.0. The van der Waals surface area contributed by atoms with Gasteiger partial charge >= 0.3 is 5.97 Å². The first-order chi connectivity index (χ1) is 21.1. The molecule has 4 aromatic rings. The first-order valence-electron chi connectivity index (χ1n) is 15.3. The molecule has 1 saturated heterocycles. The standard InChI is InChI=1S/C37H41NO5/c1-3-9-27-13-15-28(16-14-27)17-22-33-36(30-18-20-31(21-19-30)37(39)40-2)34(42-25-29-10-5-4-6-11-29)24-35(38-33)43-26-32-12-7-8-23-41-32/h4-6,10-11,13-16,18-21,24,32H,3,7-9,12,17,22-23,25-26H2,1-2H3. The van der Waals surface area contributed by atoms with Crippen molar-refractivity contribution in [1.29, 1.82) is 0 Å². The summed E-state index contributed by atoms with van der Waals surface area (Å²) in [5, 5.41) is 0. The van der Waals surface area contributed by atoms with Crippen molar-refractivity contribution in [2.75, 3.05) is 20.3 Å². The largest absolute Gasteiger partial charge is 0.488 e. The zero-order valence-corrected chi connectivity index (χ0v) is 25.2. The van der Waals surface area contributed by atoms with Gasteiger partial charge in [0.1, 0.15) is 19.0 Å². The highest BCUT2D eigenvalue weighted by atomic mass is 16.5. The lowest BCUT2D eigenvalue weighted by Gasteiger charge is -2.23. The molecule has 1 aromatic heterocycles. The Kier molecular flexibility index (Phi) is 10.8. The Bertz CT molecular complexity index is 1450. The molecule has 224 valence electrons. The number of rotatable bonds is 13. The van der Waals surface area contributed by atoms with Crippen molar-refractivity contribution in [3.05, 3.63) is 113 Å². The minimum Gasteiger partial charge on any atom is -0.488 e. The van der Waals surface area contributed by atoms with Gasteiger partial charge in [-0.05, 0) is 72.9 Å². The molecule has 0 bridgehead atoms. The van der Waals surface area contributed by atoms with Gasteiger partial charge in [0.15, 0.2) is 0 Å². The lowest BCUT2D eigenvalue weighted by atomic mass is 9.97. The summed E-state index contributed by atoms with van der Waals surface area (Å²) >= 11 is 0. The lowest BCUT2D eigenvalue weighted by Crippen LogP contribution is -2.26. The summed E-state index contributed by atoms with van der Waals surface area (Å²) in [6.07, 6.45) is 7.03. The predicted octanol–water partition coefficient (Wildman–Crippen LogP) is 7.80. The fourth-order valence-electron chi connectivity index (χ4n) is 5.39. The molecule has 1 fully saturated rings. The summed E-state index contributed by atoms with van der Waals surface area (Å²) in [5.74, 6) is 0.851. The van der Waals surface area contributed by atoms with Crippen molar-refractivity contribution in [3.8, 4) is 22.8 Å². The molecule has 6 heteroatoms. The van der Waals surface area contributed by atoms with E-state index in [1.807, 2.05) is 48.5 Å². The molecule has 6 nitrogen and oxygen atoms in total. The lowest BCUT2D eigenvalue weighted by molar-refractivity contribution is -0.0120. The van der Waals surface area contributed by atoms with Gasteiger partial charge in [-0.15, -0.1) is 0 Å². The van der Waals surface area contributed by atoms with Crippen molar-refractivity contribution in [2.45, 2.75) is 64.6 Å². The van der Waals surface area contributed by atoms with Crippen LogP contribution in [0.2, 0.25) is 0 Å². The molecule has 1 aliphatic heterocycles. The van der Waals surface area contributed by atoms with Crippen LogP contribution in [0.5, 0.6) is 11.6 Å². The number of aryl methyl sites for hydroxylation is 3. The van der Waals surface area contributed by atoms with E-state index in [1.165, 1.54) is 18.2 Å². The Morgan fingerprint density at radius 2 is 1.60 bits per heavy atom. The molecule has 0 spiro atoms. The second kappa shape index (κ2) is 15.4. The third-order valence-corrected chi connectivity index (χ3v) is 7.77. The number of pyridine rings is 1. The number of hydrogen-bond acceptors (Lipinski definition) is 6. The summed E-state index contributed by atoms with van der Waals surface area (Å²) in [5.41, 5.74) is 6.86. The highest BCUT2D eigenvalue weighted by molar-refractivity contribution is 5.90. The molecule has 1 aliphatic rings. The molecule has 0 N–H and O–H groups in total. The van der Waals surface area contributed by atoms with E-state index in [2.05, 4.69) is 31.2 Å². The van der Waals surface area contributed by atoms with E-state index in [0.29, 0.717) is 36.8 Å². The molecule has 0 aliphatic carbocycles. The van der Waals surface area contributed by atoms with Crippen molar-refractivity contribution < 1.29 is 23.7 Å². The quantitative estimate of drug-likeness (QED) is 0.151. The highest BCUT2D eigenvalue weighted by Crippen LogP contribution is 2.37. The van der Waals surface area contributed by atoms with Crippen LogP contribution in [0.15, 0.2) is 84.9 Å². The highest BCUT2D eigenvalue weighted by Gasteiger charge is 2.20. The molecule has 1 unspecified atom stereocenters. The fraction of sp³-hybridized carbons (Fsp3) is 0.351. The second-order valence-electron chi connectivity index (χ2n) is 11.0. The monoisotopic (exact) mass is 579 g/mol. The van der Waals surface area contributed by atoms with Gasteiger partial charge in [0.25, 0.3) is 0 Å². The van der Waals surface area contributed by atoms with Crippen LogP contribution in [0.1, 0.15) is 65.3 Å². The van der Waals surface area contributed by atoms with E-state index in [-0.39, 0.29) is 12.1 Å². The van der Waals surface area contributed by atoms with Crippen molar-refractivity contribution in [2.24, 2.45) is 0 Å². The van der Waals surface area contributed by atoms with Crippen LogP contribution in [0, 0.1) is 0 Å². The van der Waals surface area contributed by atoms with Gasteiger partial charge in [0, 0.05) is 18.2 Å². The maximum atomic E-state index is 12.1. The van der Waals surface area contributed by atoms with Crippen LogP contribution >= 0.6 is 0 Å². The molecular formula is C37H41NO5. The van der Waals surface area contributed by atoms with E-state index in [1.54, 1.807) is 12.1 Å². The summed E-state index contributed by atoms with van der Waals surface area (Å²) < 4.78 is 23.6. The summed E-state index contributed by atoms with van der Waals surface area (Å²) in [6.45, 7) is 3.83. The predicted molar refractivity (Wildman–Crippen MR) is 169 cm³/mol. The number of nitrogens with zero attached hydrogens (tertiary/aromatic N) is 1. The zero-order valence-electron chi connectivity index (χ0n) is 25.2. The number of esters is 1. The molecule has 2 heterocycles. The Hall–Kier alpha value is -4.16. The number of methoxy groups -OCH3 is 1. The van der Waals surface area contributed by atoms with E-state index >= 15 is 0 Å². The number of carbonyl (C=O) groups is 1. The molecule has 3 aromatic carbocycles. The normalized spacial score (nSPS) is 14.7. The van der Waals surface area contributed by atoms with Crippen LogP contribution in [0.25, 0.3) is 11.1 Å². The van der Waals surface area contributed by atoms with E-state index in [9.17, 15) is 4.79 Å². The van der Waals surface area contributed by atoms with Crippen LogP contribution < -0.4 is 9.47 Å². The summed E-state index contributed by atoms with van der Waals surface area (Å²) in [4.78, 5) is 17.2. The first kappa shape index (κ1) is 30.3. The van der Waals surface area contributed by atoms with Crippen LogP contribution in [-0.4, -0.2) is 37.4 Å². The van der Waals surface area contributed by atoms with E-state index < -0.39 is 0 Å². The first-order valence-corrected chi connectivity index (χ1v) is 15.3. The van der Waals surface area contributed by atoms with Gasteiger partial charge in [0.2, 0.25) is 5.88 Å². The SMILES string of the molecule is CCCc1ccc(CCc2nc(OCC3CCCCO3)cc(OCc3ccccc3)c2-c2ccc(C(=O)OC)cc2)cc1. The third-order valence-electron chi connectivity index (χ3n) is 7.77. The number of aromatic nitrogens is 1. The van der Waals surface area contributed by atoms with Crippen LogP contribution in [-0.2, 0) is 35.3 Å². The van der Waals surface area contributed by atoms with Gasteiger partial charge in [-0.1, -0.05) is 80.1 Å². The average molecular weight is 580 g/mol. The van der Waals surface area contributed by atoms with E-state index in [0.717, 1.165) is 67.5 Å². The van der Waals surface area contributed by atoms with Gasteiger partial charge in [-0.25, -0.2) is 9.78 Å². The maximum Gasteiger partial charge on any atom is 0.337 e. The van der Waals surface area contributed by atoms with Gasteiger partial charge < -0.3 is 18.9 Å². The molecule has 5 rings (SSSR count). The smallest absolute Gasteiger partial charge is 0.337 e. The zero-order chi connectivity index (χ0) is 29.9. The third kappa shape index (κ3) is 8.45. The fourth-order valence-corrected chi connectivity index (χ4v) is 5.39. The minimum atomic E-state index is -0.370. The van der Waals surface area contributed by atoms with Crippen LogP contribution in [0.3, 0.4) is 0 Å². The van der Waals surface area contributed by atoms with Gasteiger partial charge in [0.05, 0.1) is 24.5 Å². The van der Waals surface area contributed by atoms with Crippen molar-refractivity contribution in [3.63, 3.8) is 0 Å². The van der Waals surface area contributed by atoms with Crippen molar-refractivity contribution >= 4 is 5.97 Å². The topological polar surface area (TPSA) is 66.9 Å². The Morgan fingerprint density at radius 1 is 0.860 bits per heavy atom. The average Bonchev–Trinajstić information content (AvgIpc) is 3.07. The maximum absolute atomic E-state index is 12.1. The van der Waals surface area contributed by atoms with Gasteiger partial charge in [-0.3, -0.25) is 0 Å². The Labute approximate surface area is 255 Å². The van der Waals surface area contributed by atoms with Crippen molar-refractivity contribution in [1.82, 2.24) is 4.98 Å².